The zero-order valence-electron chi connectivity index (χ0n) is 10.3. The van der Waals surface area contributed by atoms with E-state index in [-0.39, 0.29) is 5.57 Å². The third kappa shape index (κ3) is 7.28. The molecule has 0 fully saturated rings. The monoisotopic (exact) mass is 239 g/mol. The van der Waals surface area contributed by atoms with Gasteiger partial charge in [-0.3, -0.25) is 0 Å². The van der Waals surface area contributed by atoms with Gasteiger partial charge >= 0.3 is 0 Å². The Morgan fingerprint density at radius 1 is 1.18 bits per heavy atom. The van der Waals surface area contributed by atoms with Gasteiger partial charge in [0, 0.05) is 17.8 Å². The van der Waals surface area contributed by atoms with Crippen LogP contribution in [0.15, 0.2) is 60.4 Å². The second-order valence-electron chi connectivity index (χ2n) is 3.45. The lowest BCUT2D eigenvalue weighted by atomic mass is 10.2. The minimum Gasteiger partial charge on any atom is -0.381 e. The number of alkyl halides is 2. The van der Waals surface area contributed by atoms with Gasteiger partial charge in [-0.05, 0) is 25.5 Å². The minimum atomic E-state index is -2.50. The summed E-state index contributed by atoms with van der Waals surface area (Å²) < 4.78 is 24.4. The summed E-state index contributed by atoms with van der Waals surface area (Å²) in [5.74, 6) is 0. The van der Waals surface area contributed by atoms with Crippen LogP contribution in [0.2, 0.25) is 0 Å². The molecule has 94 valence electrons. The fraction of sp³-hybridized carbons (Fsp3) is 0.286. The highest BCUT2D eigenvalue weighted by atomic mass is 19.3. The predicted molar refractivity (Wildman–Crippen MR) is 70.0 cm³/mol. The van der Waals surface area contributed by atoms with Crippen LogP contribution in [-0.4, -0.2) is 13.0 Å². The molecular weight excluding hydrogens is 220 g/mol. The van der Waals surface area contributed by atoms with E-state index in [0.29, 0.717) is 6.54 Å². The minimum absolute atomic E-state index is 0.184. The van der Waals surface area contributed by atoms with E-state index in [2.05, 4.69) is 18.5 Å². The molecule has 0 amide bonds. The van der Waals surface area contributed by atoms with E-state index in [4.69, 9.17) is 0 Å². The Bertz CT molecular complexity index is 349. The Balaban J connectivity index is 4.28. The lowest BCUT2D eigenvalue weighted by molar-refractivity contribution is 0.194. The highest BCUT2D eigenvalue weighted by Crippen LogP contribution is 2.08. The molecule has 0 aliphatic carbocycles. The van der Waals surface area contributed by atoms with E-state index < -0.39 is 6.43 Å². The second kappa shape index (κ2) is 8.50. The first-order valence-electron chi connectivity index (χ1n) is 5.37. The zero-order chi connectivity index (χ0) is 13.3. The van der Waals surface area contributed by atoms with Gasteiger partial charge in [0.15, 0.2) is 0 Å². The summed E-state index contributed by atoms with van der Waals surface area (Å²) in [6.07, 6.45) is 6.03. The largest absolute Gasteiger partial charge is 0.381 e. The predicted octanol–water partition coefficient (Wildman–Crippen LogP) is 3.99. The molecule has 0 aromatic rings. The molecule has 0 saturated carbocycles. The van der Waals surface area contributed by atoms with Crippen molar-refractivity contribution in [1.29, 1.82) is 0 Å². The molecule has 17 heavy (non-hydrogen) atoms. The van der Waals surface area contributed by atoms with Gasteiger partial charge in [-0.25, -0.2) is 8.78 Å². The first-order chi connectivity index (χ1) is 8.01. The normalized spacial score (nSPS) is 12.6. The summed E-state index contributed by atoms with van der Waals surface area (Å²) in [6, 6.07) is 0. The highest BCUT2D eigenvalue weighted by molar-refractivity contribution is 5.29. The molecule has 0 heterocycles. The van der Waals surface area contributed by atoms with Gasteiger partial charge in [-0.1, -0.05) is 37.5 Å². The van der Waals surface area contributed by atoms with Crippen molar-refractivity contribution in [3.05, 3.63) is 60.4 Å². The maximum atomic E-state index is 12.2. The standard InChI is InChI=1S/C14H19F2N/c1-5-7-12(4)17-10-13(6-2)9-8-11(3)14(15)16/h5-9,14,17H,3-4,10H2,1-2H3/b7-5+,9-8-,13-6+. The van der Waals surface area contributed by atoms with Gasteiger partial charge < -0.3 is 5.32 Å². The van der Waals surface area contributed by atoms with E-state index in [9.17, 15) is 8.78 Å². The first kappa shape index (κ1) is 15.4. The molecule has 1 nitrogen and oxygen atoms in total. The van der Waals surface area contributed by atoms with E-state index in [1.807, 2.05) is 32.1 Å². The molecule has 1 N–H and O–H groups in total. The van der Waals surface area contributed by atoms with Crippen LogP contribution in [0.3, 0.4) is 0 Å². The van der Waals surface area contributed by atoms with Crippen LogP contribution in [0.4, 0.5) is 8.78 Å². The second-order valence-corrected chi connectivity index (χ2v) is 3.45. The molecule has 0 radical (unpaired) electrons. The molecule has 3 heteroatoms. The summed E-state index contributed by atoms with van der Waals surface area (Å²) in [4.78, 5) is 0. The van der Waals surface area contributed by atoms with Crippen molar-refractivity contribution in [2.24, 2.45) is 0 Å². The Labute approximate surface area is 102 Å². The van der Waals surface area contributed by atoms with Crippen molar-refractivity contribution in [3.63, 3.8) is 0 Å². The van der Waals surface area contributed by atoms with E-state index in [1.165, 1.54) is 6.08 Å². The van der Waals surface area contributed by atoms with E-state index >= 15 is 0 Å². The third-order valence-corrected chi connectivity index (χ3v) is 2.05. The number of hydrogen-bond donors (Lipinski definition) is 1. The van der Waals surface area contributed by atoms with Crippen LogP contribution in [0.5, 0.6) is 0 Å². The average Bonchev–Trinajstić information content (AvgIpc) is 2.29. The van der Waals surface area contributed by atoms with E-state index in [0.717, 1.165) is 11.3 Å². The molecule has 0 aliphatic rings. The topological polar surface area (TPSA) is 12.0 Å². The van der Waals surface area contributed by atoms with Crippen LogP contribution in [-0.2, 0) is 0 Å². The van der Waals surface area contributed by atoms with Crippen LogP contribution < -0.4 is 5.32 Å². The summed E-state index contributed by atoms with van der Waals surface area (Å²) in [5, 5.41) is 3.07. The smallest absolute Gasteiger partial charge is 0.263 e. The molecule has 0 bridgehead atoms. The molecule has 0 aromatic carbocycles. The summed E-state index contributed by atoms with van der Waals surface area (Å²) in [6.45, 7) is 11.4. The Morgan fingerprint density at radius 3 is 2.29 bits per heavy atom. The van der Waals surface area contributed by atoms with Gasteiger partial charge in [0.2, 0.25) is 0 Å². The molecular formula is C14H19F2N. The van der Waals surface area contributed by atoms with Crippen LogP contribution in [0.25, 0.3) is 0 Å². The Morgan fingerprint density at radius 2 is 1.82 bits per heavy atom. The van der Waals surface area contributed by atoms with Crippen molar-refractivity contribution in [2.75, 3.05) is 6.54 Å². The van der Waals surface area contributed by atoms with Crippen molar-refractivity contribution in [3.8, 4) is 0 Å². The molecule has 0 aromatic heterocycles. The van der Waals surface area contributed by atoms with Gasteiger partial charge in [0.25, 0.3) is 6.43 Å². The molecule has 0 atom stereocenters. The molecule has 0 aliphatic heterocycles. The van der Waals surface area contributed by atoms with Gasteiger partial charge in [-0.2, -0.15) is 0 Å². The Kier molecular flexibility index (Phi) is 7.68. The number of halogens is 2. The number of hydrogen-bond acceptors (Lipinski definition) is 1. The van der Waals surface area contributed by atoms with Crippen LogP contribution in [0.1, 0.15) is 13.8 Å². The molecule has 0 spiro atoms. The summed E-state index contributed by atoms with van der Waals surface area (Å²) in [7, 11) is 0. The SMILES string of the molecule is C=C(/C=C/C)NCC(/C=C\C(=C)C(F)F)=C/C. The molecule has 0 saturated heterocycles. The average molecular weight is 239 g/mol. The highest BCUT2D eigenvalue weighted by Gasteiger charge is 2.03. The maximum absolute atomic E-state index is 12.2. The van der Waals surface area contributed by atoms with Crippen molar-refractivity contribution in [1.82, 2.24) is 5.32 Å². The van der Waals surface area contributed by atoms with Gasteiger partial charge in [-0.15, -0.1) is 0 Å². The fourth-order valence-electron chi connectivity index (χ4n) is 1.02. The maximum Gasteiger partial charge on any atom is 0.263 e. The number of allylic oxidation sites excluding steroid dienone is 5. The first-order valence-corrected chi connectivity index (χ1v) is 5.37. The molecule has 0 unspecified atom stereocenters. The van der Waals surface area contributed by atoms with Crippen molar-refractivity contribution < 1.29 is 8.78 Å². The van der Waals surface area contributed by atoms with Gasteiger partial charge in [0.1, 0.15) is 0 Å². The number of rotatable bonds is 7. The summed E-state index contributed by atoms with van der Waals surface area (Å²) >= 11 is 0. The van der Waals surface area contributed by atoms with Gasteiger partial charge in [0.05, 0.1) is 0 Å². The van der Waals surface area contributed by atoms with Crippen LogP contribution in [0, 0.1) is 0 Å². The number of nitrogens with one attached hydrogen (secondary N) is 1. The lowest BCUT2D eigenvalue weighted by Gasteiger charge is -2.06. The fourth-order valence-corrected chi connectivity index (χ4v) is 1.02. The lowest BCUT2D eigenvalue weighted by Crippen LogP contribution is -2.13. The third-order valence-electron chi connectivity index (χ3n) is 2.05. The van der Waals surface area contributed by atoms with Crippen molar-refractivity contribution >= 4 is 0 Å². The quantitative estimate of drug-likeness (QED) is 0.662. The zero-order valence-corrected chi connectivity index (χ0v) is 10.3. The van der Waals surface area contributed by atoms with E-state index in [1.54, 1.807) is 6.08 Å². The van der Waals surface area contributed by atoms with Crippen LogP contribution >= 0.6 is 0 Å². The molecule has 0 rings (SSSR count). The summed E-state index contributed by atoms with van der Waals surface area (Å²) in [5.41, 5.74) is 1.50. The van der Waals surface area contributed by atoms with Crippen molar-refractivity contribution in [2.45, 2.75) is 20.3 Å². The Hall–Kier alpha value is -1.64.